The number of rotatable bonds is 4. The summed E-state index contributed by atoms with van der Waals surface area (Å²) in [7, 11) is 1.98. The number of ketones is 2. The minimum Gasteiger partial charge on any atom is -0.487 e. The third kappa shape index (κ3) is 5.38. The fourth-order valence-corrected chi connectivity index (χ4v) is 7.24. The van der Waals surface area contributed by atoms with Crippen molar-refractivity contribution < 1.29 is 14.3 Å². The molecule has 0 amide bonds. The summed E-state index contributed by atoms with van der Waals surface area (Å²) < 4.78 is 6.32. The molecule has 3 aliphatic rings. The second-order valence-corrected chi connectivity index (χ2v) is 14.1. The summed E-state index contributed by atoms with van der Waals surface area (Å²) in [6.07, 6.45) is 2.22. The molecular weight excluding hydrogens is 576 g/mol. The summed E-state index contributed by atoms with van der Waals surface area (Å²) in [5.41, 5.74) is 4.13. The lowest BCUT2D eigenvalue weighted by atomic mass is 9.63. The highest BCUT2D eigenvalue weighted by Gasteiger charge is 2.49. The van der Waals surface area contributed by atoms with Gasteiger partial charge in [0.05, 0.1) is 5.02 Å². The van der Waals surface area contributed by atoms with Gasteiger partial charge in [-0.3, -0.25) is 9.59 Å². The Bertz CT molecular complexity index is 1420. The number of nitrogens with zero attached hydrogens (tertiary/aromatic N) is 1. The minimum absolute atomic E-state index is 0.0325. The molecule has 0 radical (unpaired) electrons. The maximum Gasteiger partial charge on any atom is 0.162 e. The van der Waals surface area contributed by atoms with E-state index >= 15 is 0 Å². The highest BCUT2D eigenvalue weighted by molar-refractivity contribution is 6.36. The molecule has 39 heavy (non-hydrogen) atoms. The van der Waals surface area contributed by atoms with Crippen molar-refractivity contribution >= 4 is 58.0 Å². The van der Waals surface area contributed by atoms with Gasteiger partial charge in [-0.2, -0.15) is 0 Å². The van der Waals surface area contributed by atoms with Crippen molar-refractivity contribution in [3.8, 4) is 5.75 Å². The monoisotopic (exact) mass is 605 g/mol. The molecule has 1 aliphatic heterocycles. The van der Waals surface area contributed by atoms with E-state index in [-0.39, 0.29) is 29.0 Å². The molecule has 0 bridgehead atoms. The van der Waals surface area contributed by atoms with Crippen LogP contribution < -0.4 is 4.74 Å². The predicted octanol–water partition coefficient (Wildman–Crippen LogP) is 9.19. The second-order valence-electron chi connectivity index (χ2n) is 12.4. The lowest BCUT2D eigenvalue weighted by Gasteiger charge is -2.48. The first-order valence-electron chi connectivity index (χ1n) is 13.0. The van der Waals surface area contributed by atoms with E-state index in [0.29, 0.717) is 55.4 Å². The number of halogens is 4. The smallest absolute Gasteiger partial charge is 0.162 e. The van der Waals surface area contributed by atoms with E-state index in [1.165, 1.54) is 0 Å². The Morgan fingerprint density at radius 1 is 0.795 bits per heavy atom. The average Bonchev–Trinajstić information content (AvgIpc) is 2.79. The standard InChI is InChI=1S/C31H31Cl4NO3/c1-30(2)11-22-27(24(37)13-30)26(28-23(36(22)5)12-31(3,4)14-25(28)38)19-8-18(33)10-21(35)29(19)39-15-16-6-7-17(32)9-20(16)34/h6-10,26H,11-15H2,1-5H3. The van der Waals surface area contributed by atoms with Crippen molar-refractivity contribution in [1.82, 2.24) is 4.90 Å². The zero-order valence-electron chi connectivity index (χ0n) is 22.7. The van der Waals surface area contributed by atoms with Crippen LogP contribution in [0.4, 0.5) is 0 Å². The van der Waals surface area contributed by atoms with Gasteiger partial charge in [0.2, 0.25) is 0 Å². The van der Waals surface area contributed by atoms with Crippen LogP contribution in [0.25, 0.3) is 0 Å². The van der Waals surface area contributed by atoms with Gasteiger partial charge in [0.15, 0.2) is 11.6 Å². The molecule has 2 aliphatic carbocycles. The first-order valence-corrected chi connectivity index (χ1v) is 14.5. The fourth-order valence-electron chi connectivity index (χ4n) is 6.21. The first kappa shape index (κ1) is 28.5. The number of hydrogen-bond acceptors (Lipinski definition) is 4. The Kier molecular flexibility index (Phi) is 7.42. The van der Waals surface area contributed by atoms with Gasteiger partial charge in [0, 0.05) is 74.5 Å². The third-order valence-corrected chi connectivity index (χ3v) is 9.00. The molecular formula is C31H31Cl4NO3. The molecule has 2 aromatic rings. The van der Waals surface area contributed by atoms with Gasteiger partial charge in [-0.25, -0.2) is 0 Å². The van der Waals surface area contributed by atoms with E-state index in [0.717, 1.165) is 29.8 Å². The number of allylic oxidation sites excluding steroid dienone is 4. The summed E-state index contributed by atoms with van der Waals surface area (Å²) in [5, 5.41) is 1.70. The van der Waals surface area contributed by atoms with E-state index in [4.69, 9.17) is 51.1 Å². The van der Waals surface area contributed by atoms with Gasteiger partial charge in [-0.15, -0.1) is 0 Å². The zero-order valence-corrected chi connectivity index (χ0v) is 25.7. The number of benzene rings is 2. The van der Waals surface area contributed by atoms with Gasteiger partial charge in [0.1, 0.15) is 12.4 Å². The summed E-state index contributed by atoms with van der Waals surface area (Å²) in [4.78, 5) is 29.8. The van der Waals surface area contributed by atoms with Gasteiger partial charge >= 0.3 is 0 Å². The van der Waals surface area contributed by atoms with E-state index < -0.39 is 5.92 Å². The summed E-state index contributed by atoms with van der Waals surface area (Å²) in [6, 6.07) is 8.58. The Balaban J connectivity index is 1.71. The topological polar surface area (TPSA) is 46.6 Å². The largest absolute Gasteiger partial charge is 0.487 e. The lowest BCUT2D eigenvalue weighted by Crippen LogP contribution is -2.43. The SMILES string of the molecule is CN1C2=C(C(=O)CC(C)(C)C2)C(c2cc(Cl)cc(Cl)c2OCc2ccc(Cl)cc2Cl)C2=C1CC(C)(C)CC2=O. The van der Waals surface area contributed by atoms with Crippen LogP contribution in [0.2, 0.25) is 20.1 Å². The van der Waals surface area contributed by atoms with Crippen LogP contribution >= 0.6 is 46.4 Å². The van der Waals surface area contributed by atoms with Gasteiger partial charge in [-0.1, -0.05) is 80.2 Å². The number of hydrogen-bond donors (Lipinski definition) is 0. The zero-order chi connectivity index (χ0) is 28.4. The molecule has 0 spiro atoms. The highest BCUT2D eigenvalue weighted by atomic mass is 35.5. The molecule has 0 unspecified atom stereocenters. The Morgan fingerprint density at radius 3 is 1.87 bits per heavy atom. The quantitative estimate of drug-likeness (QED) is 0.348. The molecule has 0 atom stereocenters. The van der Waals surface area contributed by atoms with Crippen molar-refractivity contribution in [2.75, 3.05) is 7.05 Å². The molecule has 0 fully saturated rings. The maximum atomic E-state index is 13.9. The number of carbonyl (C=O) groups is 2. The van der Waals surface area contributed by atoms with Gasteiger partial charge in [-0.05, 0) is 47.9 Å². The maximum absolute atomic E-state index is 13.9. The van der Waals surface area contributed by atoms with Crippen LogP contribution in [0, 0.1) is 10.8 Å². The number of carbonyl (C=O) groups excluding carboxylic acids is 2. The van der Waals surface area contributed by atoms with E-state index in [9.17, 15) is 9.59 Å². The molecule has 0 saturated carbocycles. The predicted molar refractivity (Wildman–Crippen MR) is 158 cm³/mol. The van der Waals surface area contributed by atoms with E-state index in [1.807, 2.05) is 7.05 Å². The molecule has 1 heterocycles. The van der Waals surface area contributed by atoms with Crippen LogP contribution in [-0.4, -0.2) is 23.5 Å². The van der Waals surface area contributed by atoms with Crippen molar-refractivity contribution in [1.29, 1.82) is 0 Å². The molecule has 4 nitrogen and oxygen atoms in total. The highest BCUT2D eigenvalue weighted by Crippen LogP contribution is 2.56. The minimum atomic E-state index is -0.620. The van der Waals surface area contributed by atoms with Crippen LogP contribution in [-0.2, 0) is 16.2 Å². The number of Topliss-reactive ketones (excluding diaryl/α,β-unsaturated/α-hetero) is 2. The van der Waals surface area contributed by atoms with Crippen LogP contribution in [0.3, 0.4) is 0 Å². The Labute approximate surface area is 249 Å². The summed E-state index contributed by atoms with van der Waals surface area (Å²) >= 11 is 25.8. The van der Waals surface area contributed by atoms with Crippen molar-refractivity contribution in [2.24, 2.45) is 10.8 Å². The molecule has 0 saturated heterocycles. The van der Waals surface area contributed by atoms with Crippen molar-refractivity contribution in [3.63, 3.8) is 0 Å². The normalized spacial score (nSPS) is 20.8. The molecule has 206 valence electrons. The second kappa shape index (κ2) is 10.1. The molecule has 2 aromatic carbocycles. The van der Waals surface area contributed by atoms with Crippen molar-refractivity contribution in [2.45, 2.75) is 65.9 Å². The molecule has 8 heteroatoms. The summed E-state index contributed by atoms with van der Waals surface area (Å²) in [5.74, 6) is -0.170. The fraction of sp³-hybridized carbons (Fsp3) is 0.419. The third-order valence-electron chi connectivity index (χ3n) is 7.92. The number of ether oxygens (including phenoxy) is 1. The summed E-state index contributed by atoms with van der Waals surface area (Å²) in [6.45, 7) is 8.56. The van der Waals surface area contributed by atoms with Gasteiger partial charge in [0.25, 0.3) is 0 Å². The molecule has 0 N–H and O–H groups in total. The van der Waals surface area contributed by atoms with Crippen LogP contribution in [0.1, 0.15) is 70.4 Å². The van der Waals surface area contributed by atoms with Crippen molar-refractivity contribution in [3.05, 3.63) is 84.1 Å². The average molecular weight is 607 g/mol. The molecule has 0 aromatic heterocycles. The Morgan fingerprint density at radius 2 is 1.33 bits per heavy atom. The van der Waals surface area contributed by atoms with E-state index in [2.05, 4.69) is 32.6 Å². The van der Waals surface area contributed by atoms with Gasteiger partial charge < -0.3 is 9.64 Å². The van der Waals surface area contributed by atoms with Crippen LogP contribution in [0.15, 0.2) is 52.9 Å². The lowest BCUT2D eigenvalue weighted by molar-refractivity contribution is -0.119. The first-order chi connectivity index (χ1) is 18.2. The van der Waals surface area contributed by atoms with E-state index in [1.54, 1.807) is 30.3 Å². The Hall–Kier alpha value is -1.98. The molecule has 5 rings (SSSR count). The van der Waals surface area contributed by atoms with Crippen LogP contribution in [0.5, 0.6) is 5.75 Å².